The molecule has 3 rings (SSSR count). The summed E-state index contributed by atoms with van der Waals surface area (Å²) in [4.78, 5) is 12.3. The van der Waals surface area contributed by atoms with E-state index in [2.05, 4.69) is 5.32 Å². The molecule has 24 heavy (non-hydrogen) atoms. The van der Waals surface area contributed by atoms with E-state index >= 15 is 0 Å². The van der Waals surface area contributed by atoms with Gasteiger partial charge in [0.05, 0.1) is 0 Å². The molecule has 2 unspecified atom stereocenters. The van der Waals surface area contributed by atoms with Gasteiger partial charge >= 0.3 is 0 Å². The smallest absolute Gasteiger partial charge is 0.223 e. The first-order valence-electron chi connectivity index (χ1n) is 8.47. The van der Waals surface area contributed by atoms with Gasteiger partial charge < -0.3 is 15.8 Å². The van der Waals surface area contributed by atoms with E-state index in [0.29, 0.717) is 6.54 Å². The van der Waals surface area contributed by atoms with Gasteiger partial charge in [-0.1, -0.05) is 30.3 Å². The first-order valence-corrected chi connectivity index (χ1v) is 8.47. The molecule has 1 fully saturated rings. The Morgan fingerprint density at radius 3 is 2.79 bits per heavy atom. The summed E-state index contributed by atoms with van der Waals surface area (Å²) >= 11 is 0. The van der Waals surface area contributed by atoms with Crippen molar-refractivity contribution in [2.24, 2.45) is 11.7 Å². The van der Waals surface area contributed by atoms with Crippen LogP contribution in [-0.2, 0) is 11.3 Å². The van der Waals surface area contributed by atoms with Crippen LogP contribution in [0.3, 0.4) is 0 Å². The van der Waals surface area contributed by atoms with Crippen LogP contribution in [-0.4, -0.2) is 11.9 Å². The van der Waals surface area contributed by atoms with Gasteiger partial charge in [0.1, 0.15) is 11.5 Å². The molecule has 1 aliphatic carbocycles. The number of hydrogen-bond acceptors (Lipinski definition) is 3. The lowest BCUT2D eigenvalue weighted by Gasteiger charge is -2.14. The molecule has 0 aromatic heterocycles. The number of ether oxygens (including phenoxy) is 1. The highest BCUT2D eigenvalue weighted by Crippen LogP contribution is 2.27. The highest BCUT2D eigenvalue weighted by atomic mass is 16.5. The number of hydrogen-bond donors (Lipinski definition) is 2. The summed E-state index contributed by atoms with van der Waals surface area (Å²) in [6, 6.07) is 15.9. The third kappa shape index (κ3) is 4.15. The van der Waals surface area contributed by atoms with Crippen molar-refractivity contribution < 1.29 is 9.53 Å². The van der Waals surface area contributed by atoms with Crippen molar-refractivity contribution in [2.45, 2.75) is 38.8 Å². The van der Waals surface area contributed by atoms with E-state index < -0.39 is 0 Å². The fourth-order valence-electron chi connectivity index (χ4n) is 3.14. The zero-order valence-corrected chi connectivity index (χ0v) is 14.0. The standard InChI is InChI=1S/C20H24N2O2/c1-14-5-4-7-18(11-14)24-19-8-3-2-6-16(19)13-22-20(23)15-9-10-17(21)12-15/h2-8,11,15,17H,9-10,12-13,21H2,1H3,(H,22,23). The molecule has 0 saturated heterocycles. The Bertz CT molecular complexity index is 714. The van der Waals surface area contributed by atoms with E-state index in [4.69, 9.17) is 10.5 Å². The Labute approximate surface area is 143 Å². The summed E-state index contributed by atoms with van der Waals surface area (Å²) in [5, 5.41) is 3.02. The van der Waals surface area contributed by atoms with Crippen LogP contribution in [0.5, 0.6) is 11.5 Å². The van der Waals surface area contributed by atoms with Crippen molar-refractivity contribution >= 4 is 5.91 Å². The second-order valence-corrected chi connectivity index (χ2v) is 6.51. The van der Waals surface area contributed by atoms with E-state index in [0.717, 1.165) is 41.9 Å². The number of rotatable bonds is 5. The van der Waals surface area contributed by atoms with Crippen molar-refractivity contribution in [1.82, 2.24) is 5.32 Å². The summed E-state index contributed by atoms with van der Waals surface area (Å²) in [5.41, 5.74) is 8.01. The number of carbonyl (C=O) groups is 1. The van der Waals surface area contributed by atoms with Gasteiger partial charge in [0, 0.05) is 24.1 Å². The van der Waals surface area contributed by atoms with Gasteiger partial charge in [-0.05, 0) is 49.9 Å². The molecule has 0 spiro atoms. The molecule has 2 atom stereocenters. The molecule has 2 aromatic carbocycles. The molecule has 126 valence electrons. The summed E-state index contributed by atoms with van der Waals surface area (Å²) in [7, 11) is 0. The van der Waals surface area contributed by atoms with Gasteiger partial charge in [0.2, 0.25) is 5.91 Å². The van der Waals surface area contributed by atoms with Gasteiger partial charge in [-0.2, -0.15) is 0 Å². The minimum Gasteiger partial charge on any atom is -0.457 e. The third-order valence-electron chi connectivity index (χ3n) is 4.49. The van der Waals surface area contributed by atoms with E-state index in [1.807, 2.05) is 55.5 Å². The van der Waals surface area contributed by atoms with Crippen LogP contribution in [0.2, 0.25) is 0 Å². The molecule has 2 aromatic rings. The monoisotopic (exact) mass is 324 g/mol. The molecule has 4 heteroatoms. The maximum absolute atomic E-state index is 12.3. The molecule has 1 aliphatic rings. The van der Waals surface area contributed by atoms with Crippen molar-refractivity contribution in [2.75, 3.05) is 0 Å². The van der Waals surface area contributed by atoms with Crippen molar-refractivity contribution in [3.8, 4) is 11.5 Å². The minimum atomic E-state index is 0.0462. The van der Waals surface area contributed by atoms with Crippen LogP contribution in [0.1, 0.15) is 30.4 Å². The first-order chi connectivity index (χ1) is 11.6. The van der Waals surface area contributed by atoms with Crippen molar-refractivity contribution in [3.05, 3.63) is 59.7 Å². The molecule has 4 nitrogen and oxygen atoms in total. The van der Waals surface area contributed by atoms with Gasteiger partial charge in [-0.3, -0.25) is 4.79 Å². The zero-order valence-electron chi connectivity index (χ0n) is 14.0. The Kier molecular flexibility index (Phi) is 5.16. The maximum Gasteiger partial charge on any atom is 0.223 e. The van der Waals surface area contributed by atoms with E-state index in [1.54, 1.807) is 0 Å². The summed E-state index contributed by atoms with van der Waals surface area (Å²) in [5.74, 6) is 1.71. The number of benzene rings is 2. The second-order valence-electron chi connectivity index (χ2n) is 6.51. The lowest BCUT2D eigenvalue weighted by atomic mass is 10.1. The molecule has 0 heterocycles. The van der Waals surface area contributed by atoms with Crippen LogP contribution < -0.4 is 15.8 Å². The number of aryl methyl sites for hydroxylation is 1. The van der Waals surface area contributed by atoms with E-state index in [1.165, 1.54) is 0 Å². The lowest BCUT2D eigenvalue weighted by Crippen LogP contribution is -2.30. The van der Waals surface area contributed by atoms with Crippen molar-refractivity contribution in [3.63, 3.8) is 0 Å². The fraction of sp³-hybridized carbons (Fsp3) is 0.350. The average Bonchev–Trinajstić information content (AvgIpc) is 3.00. The Morgan fingerprint density at radius 1 is 1.21 bits per heavy atom. The number of nitrogens with one attached hydrogen (secondary N) is 1. The number of carbonyl (C=O) groups excluding carboxylic acids is 1. The lowest BCUT2D eigenvalue weighted by molar-refractivity contribution is -0.125. The van der Waals surface area contributed by atoms with Gasteiger partial charge in [-0.15, -0.1) is 0 Å². The summed E-state index contributed by atoms with van der Waals surface area (Å²) in [6.45, 7) is 2.50. The Morgan fingerprint density at radius 2 is 2.04 bits per heavy atom. The first kappa shape index (κ1) is 16.5. The molecule has 1 amide bonds. The number of amides is 1. The Balaban J connectivity index is 1.65. The van der Waals surface area contributed by atoms with Crippen LogP contribution in [0, 0.1) is 12.8 Å². The fourth-order valence-corrected chi connectivity index (χ4v) is 3.14. The maximum atomic E-state index is 12.3. The summed E-state index contributed by atoms with van der Waals surface area (Å²) in [6.07, 6.45) is 2.60. The predicted molar refractivity (Wildman–Crippen MR) is 94.9 cm³/mol. The zero-order chi connectivity index (χ0) is 16.9. The third-order valence-corrected chi connectivity index (χ3v) is 4.49. The normalized spacial score (nSPS) is 19.9. The summed E-state index contributed by atoms with van der Waals surface area (Å²) < 4.78 is 5.99. The molecule has 1 saturated carbocycles. The van der Waals surface area contributed by atoms with E-state index in [-0.39, 0.29) is 17.9 Å². The van der Waals surface area contributed by atoms with Crippen LogP contribution in [0.15, 0.2) is 48.5 Å². The number of para-hydroxylation sites is 1. The quantitative estimate of drug-likeness (QED) is 0.884. The molecular weight excluding hydrogens is 300 g/mol. The van der Waals surface area contributed by atoms with Crippen LogP contribution in [0.4, 0.5) is 0 Å². The molecular formula is C20H24N2O2. The topological polar surface area (TPSA) is 64.3 Å². The Hall–Kier alpha value is -2.33. The molecule has 0 bridgehead atoms. The largest absolute Gasteiger partial charge is 0.457 e. The van der Waals surface area contributed by atoms with Gasteiger partial charge in [0.25, 0.3) is 0 Å². The van der Waals surface area contributed by atoms with Gasteiger partial charge in [-0.25, -0.2) is 0 Å². The second kappa shape index (κ2) is 7.49. The predicted octanol–water partition coefficient (Wildman–Crippen LogP) is 3.53. The molecule has 3 N–H and O–H groups in total. The van der Waals surface area contributed by atoms with E-state index in [9.17, 15) is 4.79 Å². The highest BCUT2D eigenvalue weighted by molar-refractivity contribution is 5.79. The van der Waals surface area contributed by atoms with Crippen LogP contribution >= 0.6 is 0 Å². The average molecular weight is 324 g/mol. The molecule has 0 radical (unpaired) electrons. The van der Waals surface area contributed by atoms with Gasteiger partial charge in [0.15, 0.2) is 0 Å². The minimum absolute atomic E-state index is 0.0462. The SMILES string of the molecule is Cc1cccc(Oc2ccccc2CNC(=O)C2CCC(N)C2)c1. The van der Waals surface area contributed by atoms with Crippen LogP contribution in [0.25, 0.3) is 0 Å². The molecule has 0 aliphatic heterocycles. The highest BCUT2D eigenvalue weighted by Gasteiger charge is 2.27. The van der Waals surface area contributed by atoms with Crippen molar-refractivity contribution in [1.29, 1.82) is 0 Å². The number of nitrogens with two attached hydrogens (primary N) is 1.